The average molecular weight is 1100 g/mol. The van der Waals surface area contributed by atoms with Crippen molar-refractivity contribution in [3.05, 3.63) is 175 Å². The van der Waals surface area contributed by atoms with E-state index in [0.29, 0.717) is 34.2 Å². The number of H-pyrrole nitrogens is 2. The van der Waals surface area contributed by atoms with Crippen LogP contribution >= 0.6 is 0 Å². The molecule has 0 aliphatic carbocycles. The lowest BCUT2D eigenvalue weighted by molar-refractivity contribution is 0.568. The first-order chi connectivity index (χ1) is 37.5. The molecule has 430 valence electrons. The quantitative estimate of drug-likeness (QED) is 0.173. The largest absolute Gasteiger partial charge is 0.350 e. The van der Waals surface area contributed by atoms with Crippen LogP contribution in [0.1, 0.15) is 211 Å². The zero-order valence-electron chi connectivity index (χ0n) is 54.0. The maximum Gasteiger partial charge on any atom is 0.282 e. The van der Waals surface area contributed by atoms with Crippen molar-refractivity contribution < 1.29 is 0 Å². The molecule has 4 heterocycles. The third-order valence-corrected chi connectivity index (χ3v) is 16.5. The molecule has 0 amide bonds. The summed E-state index contributed by atoms with van der Waals surface area (Å²) in [5.74, 6) is 1.08. The monoisotopic (exact) mass is 1100 g/mol. The number of nitrogens with zero attached hydrogens (tertiary/aromatic N) is 4. The minimum Gasteiger partial charge on any atom is -0.350 e. The number of aromatic amines is 2. The molecule has 0 aromatic heterocycles. The maximum atomic E-state index is 15.2. The van der Waals surface area contributed by atoms with Gasteiger partial charge in [-0.25, -0.2) is 9.97 Å². The number of aromatic nitrogens is 6. The van der Waals surface area contributed by atoms with E-state index in [1.165, 1.54) is 44.5 Å². The summed E-state index contributed by atoms with van der Waals surface area (Å²) in [6, 6.07) is 34.9. The second-order valence-electron chi connectivity index (χ2n) is 31.8. The molecule has 0 bridgehead atoms. The van der Waals surface area contributed by atoms with E-state index in [-0.39, 0.29) is 54.4 Å². The number of rotatable bonds is 6. The second kappa shape index (κ2) is 19.8. The molecule has 82 heavy (non-hydrogen) atoms. The van der Waals surface area contributed by atoms with Gasteiger partial charge in [-0.1, -0.05) is 215 Å². The molecule has 9 rings (SSSR count). The summed E-state index contributed by atoms with van der Waals surface area (Å²) in [6.07, 6.45) is 3.85. The molecule has 0 spiro atoms. The van der Waals surface area contributed by atoms with Gasteiger partial charge >= 0.3 is 0 Å². The van der Waals surface area contributed by atoms with Gasteiger partial charge in [0.1, 0.15) is 11.4 Å². The van der Waals surface area contributed by atoms with E-state index in [1.807, 2.05) is 36.7 Å². The highest BCUT2D eigenvalue weighted by Crippen LogP contribution is 2.42. The standard InChI is InChI=1S/C74H92N6O2/c1-67(2,3)49-29-45(30-50(37-49)68(4,5)6)57-41-79-63(59(75-57)47-33-53(71(13,14)15)39-54(34-47)72(16,17)18)77-61(65(79)81)43-25-27-44(28-26-43)62-66(82)80-42-58(46-31-51(69(7,8)9)38-52(32-46)70(10,11)12)76-60(64(80)78-62)48-35-55(73(19,20)21)40-56(36-48)74(22,23)24/h25-42,75-76H,1-24H3. The summed E-state index contributed by atoms with van der Waals surface area (Å²) in [6.45, 7) is 53.9. The number of hydrogen-bond acceptors (Lipinski definition) is 4. The molecule has 4 aliphatic heterocycles. The Hall–Kier alpha value is -7.06. The summed E-state index contributed by atoms with van der Waals surface area (Å²) < 4.78 is 3.45. The van der Waals surface area contributed by atoms with E-state index in [9.17, 15) is 0 Å². The Morgan fingerprint density at radius 2 is 0.500 bits per heavy atom. The predicted molar refractivity (Wildman–Crippen MR) is 347 cm³/mol. The minimum absolute atomic E-state index is 0.118. The van der Waals surface area contributed by atoms with Gasteiger partial charge in [-0.3, -0.25) is 18.7 Å². The lowest BCUT2D eigenvalue weighted by Crippen LogP contribution is -2.18. The zero-order valence-corrected chi connectivity index (χ0v) is 54.0. The van der Waals surface area contributed by atoms with Crippen LogP contribution in [0.25, 0.3) is 79.2 Å². The molecule has 0 saturated heterocycles. The van der Waals surface area contributed by atoms with E-state index >= 15 is 9.59 Å². The Labute approximate surface area is 490 Å². The van der Waals surface area contributed by atoms with Crippen molar-refractivity contribution >= 4 is 0 Å². The average Bonchev–Trinajstić information content (AvgIpc) is 4.10. The highest BCUT2D eigenvalue weighted by atomic mass is 16.1. The van der Waals surface area contributed by atoms with Crippen LogP contribution < -0.4 is 11.1 Å². The number of hydrogen-bond donors (Lipinski definition) is 2. The van der Waals surface area contributed by atoms with Crippen molar-refractivity contribution in [2.45, 2.75) is 209 Å². The van der Waals surface area contributed by atoms with Gasteiger partial charge in [0.05, 0.1) is 22.8 Å². The molecule has 8 nitrogen and oxygen atoms in total. The third kappa shape index (κ3) is 11.8. The fourth-order valence-electron chi connectivity index (χ4n) is 10.6. The Bertz CT molecular complexity index is 3570. The number of benzene rings is 5. The van der Waals surface area contributed by atoms with Crippen molar-refractivity contribution in [3.63, 3.8) is 0 Å². The van der Waals surface area contributed by atoms with Crippen LogP contribution in [0.5, 0.6) is 0 Å². The molecule has 5 aromatic carbocycles. The zero-order chi connectivity index (χ0) is 60.6. The molecule has 0 atom stereocenters. The lowest BCUT2D eigenvalue weighted by atomic mass is 9.79. The lowest BCUT2D eigenvalue weighted by Gasteiger charge is -2.27. The van der Waals surface area contributed by atoms with Crippen LogP contribution in [0.15, 0.2) is 119 Å². The topological polar surface area (TPSA) is 101 Å². The van der Waals surface area contributed by atoms with Gasteiger partial charge in [-0.15, -0.1) is 0 Å². The van der Waals surface area contributed by atoms with E-state index < -0.39 is 0 Å². The van der Waals surface area contributed by atoms with Crippen LogP contribution in [0.4, 0.5) is 0 Å². The van der Waals surface area contributed by atoms with Crippen LogP contribution in [-0.4, -0.2) is 29.1 Å². The van der Waals surface area contributed by atoms with E-state index in [0.717, 1.165) is 45.0 Å². The Morgan fingerprint density at radius 3 is 0.707 bits per heavy atom. The van der Waals surface area contributed by atoms with Crippen LogP contribution in [0.2, 0.25) is 0 Å². The van der Waals surface area contributed by atoms with Gasteiger partial charge in [0.2, 0.25) is 0 Å². The summed E-state index contributed by atoms with van der Waals surface area (Å²) >= 11 is 0. The van der Waals surface area contributed by atoms with Gasteiger partial charge < -0.3 is 9.97 Å². The summed E-state index contributed by atoms with van der Waals surface area (Å²) in [7, 11) is 0. The van der Waals surface area contributed by atoms with Gasteiger partial charge in [-0.2, -0.15) is 0 Å². The summed E-state index contributed by atoms with van der Waals surface area (Å²) in [5, 5.41) is 0. The number of imidazole rings is 2. The van der Waals surface area contributed by atoms with Gasteiger partial charge in [0.25, 0.3) is 11.1 Å². The molecule has 0 radical (unpaired) electrons. The number of nitrogens with one attached hydrogen (secondary N) is 2. The molecular formula is C74H92N6O2. The van der Waals surface area contributed by atoms with Gasteiger partial charge in [0.15, 0.2) is 11.6 Å². The molecule has 2 N–H and O–H groups in total. The fourth-order valence-corrected chi connectivity index (χ4v) is 10.6. The fraction of sp³-hybridized carbons (Fsp3) is 0.432. The maximum absolute atomic E-state index is 15.2. The number of fused-ring (bicyclic) bond motifs is 2. The van der Waals surface area contributed by atoms with Crippen molar-refractivity contribution in [1.82, 2.24) is 29.1 Å². The molecule has 0 fully saturated rings. The van der Waals surface area contributed by atoms with E-state index in [2.05, 4.69) is 249 Å². The van der Waals surface area contributed by atoms with Crippen molar-refractivity contribution in [2.24, 2.45) is 0 Å². The van der Waals surface area contributed by atoms with Crippen LogP contribution in [-0.2, 0) is 43.3 Å². The summed E-state index contributed by atoms with van der Waals surface area (Å²) in [4.78, 5) is 48.6. The molecular weight excluding hydrogens is 1000 g/mol. The third-order valence-electron chi connectivity index (χ3n) is 16.5. The van der Waals surface area contributed by atoms with Crippen molar-refractivity contribution in [1.29, 1.82) is 0 Å². The van der Waals surface area contributed by atoms with E-state index in [4.69, 9.17) is 9.97 Å². The highest BCUT2D eigenvalue weighted by Gasteiger charge is 2.31. The molecule has 0 saturated carbocycles. The minimum atomic E-state index is -0.229. The molecule has 4 aliphatic rings. The normalized spacial score (nSPS) is 13.5. The van der Waals surface area contributed by atoms with Crippen molar-refractivity contribution in [2.75, 3.05) is 0 Å². The Balaban J connectivity index is 1.26. The first-order valence-corrected chi connectivity index (χ1v) is 29.5. The van der Waals surface area contributed by atoms with Crippen molar-refractivity contribution in [3.8, 4) is 79.2 Å². The van der Waals surface area contributed by atoms with Crippen LogP contribution in [0, 0.1) is 0 Å². The first kappa shape index (κ1) is 59.6. The molecule has 0 unspecified atom stereocenters. The van der Waals surface area contributed by atoms with E-state index in [1.54, 1.807) is 9.13 Å². The van der Waals surface area contributed by atoms with Gasteiger partial charge in [-0.05, 0) is 136 Å². The smallest absolute Gasteiger partial charge is 0.282 e. The predicted octanol–water partition coefficient (Wildman–Crippen LogP) is 18.7. The second-order valence-corrected chi connectivity index (χ2v) is 31.8. The molecule has 8 heteroatoms. The summed E-state index contributed by atoms with van der Waals surface area (Å²) in [5.41, 5.74) is 17.2. The molecule has 5 aromatic rings. The van der Waals surface area contributed by atoms with Gasteiger partial charge in [0, 0.05) is 45.8 Å². The first-order valence-electron chi connectivity index (χ1n) is 29.5. The Kier molecular flexibility index (Phi) is 14.4. The highest BCUT2D eigenvalue weighted by molar-refractivity contribution is 5.79. The Morgan fingerprint density at radius 1 is 0.293 bits per heavy atom. The SMILES string of the molecule is CC(C)(C)c1cc(-c2cn3c(=O)c(-c4ccc(-c5nc6c(-c7cc(C(C)(C)C)cc(C(C)(C)C)c7)[nH]c(-c7cc(C(C)(C)C)cc(C(C)(C)C)c7)cn-6c5=O)cc4)nc-3c(-c3cc(C(C)(C)C)cc(C(C)(C)C)c3)[nH]2)cc(C(C)(C)C)c1. The van der Waals surface area contributed by atoms with Crippen LogP contribution in [0.3, 0.4) is 0 Å².